The Labute approximate surface area is 92.6 Å². The Bertz CT molecular complexity index is 365. The van der Waals surface area contributed by atoms with Crippen molar-refractivity contribution in [1.29, 1.82) is 0 Å². The van der Waals surface area contributed by atoms with Gasteiger partial charge < -0.3 is 0 Å². The Morgan fingerprint density at radius 1 is 0.611 bits per heavy atom. The fourth-order valence-electron chi connectivity index (χ4n) is 1.25. The number of rotatable bonds is 0. The molecule has 0 amide bonds. The van der Waals surface area contributed by atoms with Crippen LogP contribution in [0.15, 0.2) is 23.3 Å². The molecule has 0 aliphatic heterocycles. The Morgan fingerprint density at radius 2 is 0.833 bits per heavy atom. The van der Waals surface area contributed by atoms with E-state index in [0.717, 1.165) is 0 Å². The molecule has 0 N–H and O–H groups in total. The summed E-state index contributed by atoms with van der Waals surface area (Å²) in [6.45, 7) is 0. The maximum absolute atomic E-state index is 12.8. The van der Waals surface area contributed by atoms with Gasteiger partial charge in [0.25, 0.3) is 11.8 Å². The molecule has 0 atom stereocenters. The minimum atomic E-state index is -5.86. The second kappa shape index (κ2) is 3.64. The van der Waals surface area contributed by atoms with Crippen LogP contribution in [-0.2, 0) is 0 Å². The first-order valence-corrected chi connectivity index (χ1v) is 4.04. The van der Waals surface area contributed by atoms with E-state index in [9.17, 15) is 43.9 Å². The number of allylic oxidation sites excluding steroid dienone is 4. The molecule has 10 heteroatoms. The van der Waals surface area contributed by atoms with Crippen molar-refractivity contribution in [3.05, 3.63) is 23.3 Å². The second-order valence-corrected chi connectivity index (χ2v) is 3.36. The van der Waals surface area contributed by atoms with Gasteiger partial charge in [-0.25, -0.2) is 0 Å². The minimum Gasteiger partial charge on any atom is -0.196 e. The van der Waals surface area contributed by atoms with Crippen LogP contribution in [0.2, 0.25) is 0 Å². The number of halogens is 10. The maximum Gasteiger partial charge on any atom is 0.418 e. The first kappa shape index (κ1) is 14.8. The first-order chi connectivity index (χ1) is 7.68. The predicted molar refractivity (Wildman–Crippen MR) is 38.2 cm³/mol. The number of hydrogen-bond donors (Lipinski definition) is 0. The van der Waals surface area contributed by atoms with Gasteiger partial charge in [0.2, 0.25) is 0 Å². The summed E-state index contributed by atoms with van der Waals surface area (Å²) in [6, 6.07) is 0. The molecule has 0 saturated carbocycles. The molecule has 1 rings (SSSR count). The summed E-state index contributed by atoms with van der Waals surface area (Å²) in [5, 5.41) is 0. The van der Waals surface area contributed by atoms with Crippen molar-refractivity contribution in [3.8, 4) is 0 Å². The molecule has 1 aliphatic carbocycles. The summed E-state index contributed by atoms with van der Waals surface area (Å²) in [4.78, 5) is 0. The SMILES string of the molecule is FC(F)(F)C1=CC(F)(F)C(C(F)(F)F)=CC1(F)F. The van der Waals surface area contributed by atoms with Crippen molar-refractivity contribution < 1.29 is 43.9 Å². The Morgan fingerprint density at radius 3 is 1.00 bits per heavy atom. The van der Waals surface area contributed by atoms with Gasteiger partial charge in [-0.15, -0.1) is 0 Å². The van der Waals surface area contributed by atoms with Gasteiger partial charge >= 0.3 is 12.4 Å². The fraction of sp³-hybridized carbons (Fsp3) is 0.500. The maximum atomic E-state index is 12.8. The molecule has 0 fully saturated rings. The summed E-state index contributed by atoms with van der Waals surface area (Å²) >= 11 is 0. The molecule has 0 spiro atoms. The molecule has 0 nitrogen and oxygen atoms in total. The van der Waals surface area contributed by atoms with Crippen LogP contribution in [0.1, 0.15) is 0 Å². The van der Waals surface area contributed by atoms with Crippen molar-refractivity contribution in [2.75, 3.05) is 0 Å². The van der Waals surface area contributed by atoms with E-state index in [-0.39, 0.29) is 0 Å². The zero-order valence-electron chi connectivity index (χ0n) is 7.93. The van der Waals surface area contributed by atoms with Crippen LogP contribution < -0.4 is 0 Å². The smallest absolute Gasteiger partial charge is 0.196 e. The van der Waals surface area contributed by atoms with E-state index >= 15 is 0 Å². The average Bonchev–Trinajstić information content (AvgIpc) is 2.05. The van der Waals surface area contributed by atoms with Crippen molar-refractivity contribution in [1.82, 2.24) is 0 Å². The van der Waals surface area contributed by atoms with Crippen LogP contribution in [0.25, 0.3) is 0 Å². The van der Waals surface area contributed by atoms with E-state index in [4.69, 9.17) is 0 Å². The summed E-state index contributed by atoms with van der Waals surface area (Å²) in [6.07, 6.45) is -14.5. The van der Waals surface area contributed by atoms with E-state index in [1.807, 2.05) is 0 Å². The highest BCUT2D eigenvalue weighted by Crippen LogP contribution is 2.50. The highest BCUT2D eigenvalue weighted by Gasteiger charge is 2.60. The lowest BCUT2D eigenvalue weighted by atomic mass is 9.92. The predicted octanol–water partition coefficient (Wildman–Crippen LogP) is 4.25. The first-order valence-electron chi connectivity index (χ1n) is 4.04. The Kier molecular flexibility index (Phi) is 3.00. The zero-order valence-corrected chi connectivity index (χ0v) is 7.93. The topological polar surface area (TPSA) is 0 Å². The molecule has 0 aromatic rings. The lowest BCUT2D eigenvalue weighted by molar-refractivity contribution is -0.142. The van der Waals surface area contributed by atoms with E-state index in [1.54, 1.807) is 0 Å². The van der Waals surface area contributed by atoms with Gasteiger partial charge in [0, 0.05) is 12.2 Å². The van der Waals surface area contributed by atoms with Gasteiger partial charge in [-0.2, -0.15) is 43.9 Å². The van der Waals surface area contributed by atoms with E-state index in [1.165, 1.54) is 0 Å². The molecular formula is C8H2F10. The largest absolute Gasteiger partial charge is 0.418 e. The number of alkyl halides is 10. The summed E-state index contributed by atoms with van der Waals surface area (Å²) in [5.74, 6) is -10.3. The summed E-state index contributed by atoms with van der Waals surface area (Å²) < 4.78 is 123. The van der Waals surface area contributed by atoms with Gasteiger partial charge in [-0.1, -0.05) is 0 Å². The molecule has 0 heterocycles. The molecular weight excluding hydrogens is 286 g/mol. The Balaban J connectivity index is 3.42. The Hall–Kier alpha value is -1.22. The summed E-state index contributed by atoms with van der Waals surface area (Å²) in [5.41, 5.74) is -6.04. The average molecular weight is 288 g/mol. The van der Waals surface area contributed by atoms with Crippen LogP contribution >= 0.6 is 0 Å². The minimum absolute atomic E-state index is 1.41. The highest BCUT2D eigenvalue weighted by atomic mass is 19.4. The molecule has 0 saturated heterocycles. The molecule has 18 heavy (non-hydrogen) atoms. The fourth-order valence-corrected chi connectivity index (χ4v) is 1.25. The number of hydrogen-bond acceptors (Lipinski definition) is 0. The van der Waals surface area contributed by atoms with Gasteiger partial charge in [-0.3, -0.25) is 0 Å². The van der Waals surface area contributed by atoms with Crippen LogP contribution in [0.3, 0.4) is 0 Å². The van der Waals surface area contributed by atoms with Gasteiger partial charge in [-0.05, 0) is 0 Å². The highest BCUT2D eigenvalue weighted by molar-refractivity contribution is 5.41. The third-order valence-electron chi connectivity index (χ3n) is 1.98. The third-order valence-corrected chi connectivity index (χ3v) is 1.98. The monoisotopic (exact) mass is 288 g/mol. The quantitative estimate of drug-likeness (QED) is 0.462. The van der Waals surface area contributed by atoms with E-state index < -0.39 is 47.5 Å². The third kappa shape index (κ3) is 2.61. The van der Waals surface area contributed by atoms with Crippen molar-refractivity contribution in [3.63, 3.8) is 0 Å². The van der Waals surface area contributed by atoms with Crippen molar-refractivity contribution in [2.45, 2.75) is 24.2 Å². The van der Waals surface area contributed by atoms with E-state index in [0.29, 0.717) is 0 Å². The standard InChI is InChI=1S/C8H2F10/c9-5(10)1-3(7(13,14)15)6(11,12)2-4(5)8(16,17)18/h1-2H. The lowest BCUT2D eigenvalue weighted by Gasteiger charge is -2.29. The van der Waals surface area contributed by atoms with Crippen LogP contribution in [0, 0.1) is 0 Å². The van der Waals surface area contributed by atoms with Crippen LogP contribution in [0.5, 0.6) is 0 Å². The normalized spacial score (nSPS) is 23.4. The van der Waals surface area contributed by atoms with Gasteiger partial charge in [0.1, 0.15) is 11.1 Å². The lowest BCUT2D eigenvalue weighted by Crippen LogP contribution is -2.40. The van der Waals surface area contributed by atoms with Gasteiger partial charge in [0.15, 0.2) is 0 Å². The second-order valence-electron chi connectivity index (χ2n) is 3.36. The molecule has 0 aromatic carbocycles. The summed E-state index contributed by atoms with van der Waals surface area (Å²) in [7, 11) is 0. The van der Waals surface area contributed by atoms with Crippen LogP contribution in [-0.4, -0.2) is 24.2 Å². The molecule has 0 aromatic heterocycles. The molecule has 104 valence electrons. The zero-order chi connectivity index (χ0) is 14.6. The van der Waals surface area contributed by atoms with Crippen molar-refractivity contribution >= 4 is 0 Å². The molecule has 0 unspecified atom stereocenters. The van der Waals surface area contributed by atoms with Crippen molar-refractivity contribution in [2.24, 2.45) is 0 Å². The van der Waals surface area contributed by atoms with E-state index in [2.05, 4.69) is 0 Å². The molecule has 0 radical (unpaired) electrons. The van der Waals surface area contributed by atoms with Crippen LogP contribution in [0.4, 0.5) is 43.9 Å². The molecule has 0 bridgehead atoms. The molecule has 1 aliphatic rings. The van der Waals surface area contributed by atoms with Gasteiger partial charge in [0.05, 0.1) is 0 Å².